The van der Waals surface area contributed by atoms with Gasteiger partial charge in [0.25, 0.3) is 0 Å². The van der Waals surface area contributed by atoms with Crippen molar-refractivity contribution in [2.24, 2.45) is 0 Å². The number of nitrogen functional groups attached to an aromatic ring is 1. The van der Waals surface area contributed by atoms with Crippen LogP contribution in [0.3, 0.4) is 0 Å². The molecule has 1 rings (SSSR count). The van der Waals surface area contributed by atoms with Gasteiger partial charge in [0.15, 0.2) is 0 Å². The fraction of sp³-hybridized carbons (Fsp3) is 0.786. The van der Waals surface area contributed by atoms with Crippen molar-refractivity contribution in [2.45, 2.75) is 71.1 Å². The molecule has 3 heteroatoms. The van der Waals surface area contributed by atoms with E-state index in [4.69, 9.17) is 5.84 Å². The Hall–Kier alpha value is -0.990. The first-order valence-corrected chi connectivity index (χ1v) is 7.12. The van der Waals surface area contributed by atoms with Crippen LogP contribution in [0.25, 0.3) is 0 Å². The summed E-state index contributed by atoms with van der Waals surface area (Å²) >= 11 is 0. The smallest absolute Gasteiger partial charge is 0.127 e. The van der Waals surface area contributed by atoms with Gasteiger partial charge in [0.05, 0.1) is 0 Å². The molecule has 0 unspecified atom stereocenters. The maximum Gasteiger partial charge on any atom is 0.127 e. The van der Waals surface area contributed by atoms with Gasteiger partial charge in [0.1, 0.15) is 5.82 Å². The number of aromatic nitrogens is 2. The molecule has 3 nitrogen and oxygen atoms in total. The third kappa shape index (κ3) is 6.35. The van der Waals surface area contributed by atoms with Gasteiger partial charge in [0.2, 0.25) is 0 Å². The van der Waals surface area contributed by atoms with E-state index in [1.165, 1.54) is 57.8 Å². The first kappa shape index (κ1) is 14.1. The molecule has 2 N–H and O–H groups in total. The number of nitrogens with zero attached hydrogens (tertiary/aromatic N) is 2. The van der Waals surface area contributed by atoms with Gasteiger partial charge in [0, 0.05) is 18.8 Å². The van der Waals surface area contributed by atoms with E-state index < -0.39 is 0 Å². The summed E-state index contributed by atoms with van der Waals surface area (Å²) in [5.74, 6) is 6.71. The Morgan fingerprint density at radius 3 is 2.12 bits per heavy atom. The summed E-state index contributed by atoms with van der Waals surface area (Å²) in [6.45, 7) is 2.27. The highest BCUT2D eigenvalue weighted by molar-refractivity contribution is 4.91. The summed E-state index contributed by atoms with van der Waals surface area (Å²) in [7, 11) is 0. The molecule has 1 aromatic rings. The van der Waals surface area contributed by atoms with Crippen molar-refractivity contribution in [1.82, 2.24) is 9.66 Å². The van der Waals surface area contributed by atoms with E-state index in [-0.39, 0.29) is 0 Å². The van der Waals surface area contributed by atoms with E-state index in [2.05, 4.69) is 11.9 Å². The quantitative estimate of drug-likeness (QED) is 0.498. The van der Waals surface area contributed by atoms with Crippen LogP contribution in [0.15, 0.2) is 12.4 Å². The predicted molar refractivity (Wildman–Crippen MR) is 73.3 cm³/mol. The highest BCUT2D eigenvalue weighted by Gasteiger charge is 1.99. The summed E-state index contributed by atoms with van der Waals surface area (Å²) in [5.41, 5.74) is 0. The number of rotatable bonds is 10. The van der Waals surface area contributed by atoms with E-state index in [0.29, 0.717) is 0 Å². The summed E-state index contributed by atoms with van der Waals surface area (Å²) in [6.07, 6.45) is 16.8. The van der Waals surface area contributed by atoms with Crippen molar-refractivity contribution in [2.75, 3.05) is 5.84 Å². The minimum atomic E-state index is 1.01. The van der Waals surface area contributed by atoms with Crippen LogP contribution < -0.4 is 5.84 Å². The molecule has 0 saturated heterocycles. The zero-order chi connectivity index (χ0) is 12.3. The average molecular weight is 237 g/mol. The molecular formula is C14H27N3. The summed E-state index contributed by atoms with van der Waals surface area (Å²) < 4.78 is 1.63. The molecule has 0 aliphatic heterocycles. The van der Waals surface area contributed by atoms with Crippen LogP contribution in [-0.4, -0.2) is 9.66 Å². The third-order valence-electron chi connectivity index (χ3n) is 3.25. The van der Waals surface area contributed by atoms with Crippen LogP contribution in [0, 0.1) is 0 Å². The maximum absolute atomic E-state index is 5.70. The van der Waals surface area contributed by atoms with Gasteiger partial charge in [-0.1, -0.05) is 58.3 Å². The Kier molecular flexibility index (Phi) is 7.52. The molecule has 0 atom stereocenters. The van der Waals surface area contributed by atoms with Crippen molar-refractivity contribution in [3.63, 3.8) is 0 Å². The van der Waals surface area contributed by atoms with Gasteiger partial charge in [-0.05, 0) is 6.42 Å². The lowest BCUT2D eigenvalue weighted by Crippen LogP contribution is -2.11. The van der Waals surface area contributed by atoms with E-state index >= 15 is 0 Å². The van der Waals surface area contributed by atoms with Crippen molar-refractivity contribution in [3.8, 4) is 0 Å². The minimum Gasteiger partial charge on any atom is -0.338 e. The molecule has 0 saturated carbocycles. The van der Waals surface area contributed by atoms with Gasteiger partial charge in [-0.2, -0.15) is 0 Å². The molecule has 0 aliphatic rings. The lowest BCUT2D eigenvalue weighted by molar-refractivity contribution is 0.560. The Labute approximate surface area is 105 Å². The minimum absolute atomic E-state index is 1.01. The monoisotopic (exact) mass is 237 g/mol. The summed E-state index contributed by atoms with van der Waals surface area (Å²) in [4.78, 5) is 4.22. The first-order chi connectivity index (χ1) is 8.34. The van der Waals surface area contributed by atoms with Gasteiger partial charge < -0.3 is 5.84 Å². The highest BCUT2D eigenvalue weighted by Crippen LogP contribution is 2.10. The molecule has 0 fully saturated rings. The number of nitrogens with two attached hydrogens (primary N) is 1. The summed E-state index contributed by atoms with van der Waals surface area (Å²) in [6, 6.07) is 0. The molecule has 0 spiro atoms. The van der Waals surface area contributed by atoms with Gasteiger partial charge >= 0.3 is 0 Å². The number of unbranched alkanes of at least 4 members (excludes halogenated alkanes) is 8. The Morgan fingerprint density at radius 2 is 1.59 bits per heavy atom. The fourth-order valence-electron chi connectivity index (χ4n) is 2.13. The van der Waals surface area contributed by atoms with Gasteiger partial charge in [-0.25, -0.2) is 4.98 Å². The average Bonchev–Trinajstić information content (AvgIpc) is 2.73. The molecule has 0 amide bonds. The van der Waals surface area contributed by atoms with Crippen molar-refractivity contribution < 1.29 is 0 Å². The number of hydrogen-bond acceptors (Lipinski definition) is 2. The Bertz CT molecular complexity index is 281. The van der Waals surface area contributed by atoms with E-state index in [1.807, 2.05) is 6.20 Å². The van der Waals surface area contributed by atoms with Crippen molar-refractivity contribution >= 4 is 0 Å². The zero-order valence-electron chi connectivity index (χ0n) is 11.2. The van der Waals surface area contributed by atoms with Crippen molar-refractivity contribution in [3.05, 3.63) is 18.2 Å². The standard InChI is InChI=1S/C14H27N3/c1-2-3-4-5-6-7-8-9-10-11-14-16-12-13-17(14)15/h12-13H,2-11,15H2,1H3. The molecule has 17 heavy (non-hydrogen) atoms. The SMILES string of the molecule is CCCCCCCCCCCc1nccn1N. The van der Waals surface area contributed by atoms with E-state index in [1.54, 1.807) is 10.9 Å². The van der Waals surface area contributed by atoms with Crippen molar-refractivity contribution in [1.29, 1.82) is 0 Å². The Balaban J connectivity index is 1.86. The second-order valence-corrected chi connectivity index (χ2v) is 4.83. The lowest BCUT2D eigenvalue weighted by atomic mass is 10.1. The van der Waals surface area contributed by atoms with Crippen LogP contribution in [0.2, 0.25) is 0 Å². The molecule has 0 aromatic carbocycles. The molecule has 0 radical (unpaired) electrons. The molecule has 1 heterocycles. The van der Waals surface area contributed by atoms with E-state index in [9.17, 15) is 0 Å². The molecule has 0 bridgehead atoms. The molecule has 1 aromatic heterocycles. The number of aryl methyl sites for hydroxylation is 1. The summed E-state index contributed by atoms with van der Waals surface area (Å²) in [5, 5.41) is 0. The maximum atomic E-state index is 5.70. The van der Waals surface area contributed by atoms with Gasteiger partial charge in [-0.15, -0.1) is 0 Å². The number of hydrogen-bond donors (Lipinski definition) is 1. The van der Waals surface area contributed by atoms with Crippen LogP contribution >= 0.6 is 0 Å². The highest BCUT2D eigenvalue weighted by atomic mass is 15.3. The second-order valence-electron chi connectivity index (χ2n) is 4.83. The molecule has 0 aliphatic carbocycles. The normalized spacial score (nSPS) is 10.9. The van der Waals surface area contributed by atoms with Crippen LogP contribution in [0.1, 0.15) is 70.5 Å². The van der Waals surface area contributed by atoms with E-state index in [0.717, 1.165) is 12.2 Å². The predicted octanol–water partition coefficient (Wildman–Crippen LogP) is 3.67. The van der Waals surface area contributed by atoms with Gasteiger partial charge in [-0.3, -0.25) is 4.68 Å². The molecular weight excluding hydrogens is 210 g/mol. The fourth-order valence-corrected chi connectivity index (χ4v) is 2.13. The third-order valence-corrected chi connectivity index (χ3v) is 3.25. The zero-order valence-corrected chi connectivity index (χ0v) is 11.2. The Morgan fingerprint density at radius 1 is 1.00 bits per heavy atom. The lowest BCUT2D eigenvalue weighted by Gasteiger charge is -2.02. The topological polar surface area (TPSA) is 43.8 Å². The largest absolute Gasteiger partial charge is 0.338 e. The van der Waals surface area contributed by atoms with Crippen LogP contribution in [0.5, 0.6) is 0 Å². The molecule has 98 valence electrons. The first-order valence-electron chi connectivity index (χ1n) is 7.12. The number of imidazole rings is 1. The van der Waals surface area contributed by atoms with Crippen LogP contribution in [-0.2, 0) is 6.42 Å². The van der Waals surface area contributed by atoms with Crippen LogP contribution in [0.4, 0.5) is 0 Å². The second kappa shape index (κ2) is 9.08.